The second kappa shape index (κ2) is 7.98. The summed E-state index contributed by atoms with van der Waals surface area (Å²) in [7, 11) is 0. The fourth-order valence-electron chi connectivity index (χ4n) is 2.27. The Balaban J connectivity index is 1.86. The maximum absolute atomic E-state index is 5.79. The molecule has 4 heteroatoms. The van der Waals surface area contributed by atoms with E-state index >= 15 is 0 Å². The van der Waals surface area contributed by atoms with Crippen LogP contribution in [0.3, 0.4) is 0 Å². The number of ether oxygens (including phenoxy) is 1. The molecular weight excluding hydrogens is 258 g/mol. The van der Waals surface area contributed by atoms with E-state index in [1.807, 2.05) is 12.1 Å². The van der Waals surface area contributed by atoms with Gasteiger partial charge in [-0.25, -0.2) is 0 Å². The summed E-state index contributed by atoms with van der Waals surface area (Å²) in [5.41, 5.74) is 0. The van der Waals surface area contributed by atoms with Gasteiger partial charge in [-0.1, -0.05) is 13.8 Å². The predicted octanol–water partition coefficient (Wildman–Crippen LogP) is 3.48. The molecular formula is C15H25NO2S. The molecule has 108 valence electrons. The van der Waals surface area contributed by atoms with Gasteiger partial charge in [0, 0.05) is 12.6 Å². The van der Waals surface area contributed by atoms with Gasteiger partial charge in [-0.2, -0.15) is 11.8 Å². The van der Waals surface area contributed by atoms with Crippen LogP contribution in [-0.4, -0.2) is 30.8 Å². The highest BCUT2D eigenvalue weighted by Crippen LogP contribution is 2.21. The van der Waals surface area contributed by atoms with Crippen molar-refractivity contribution < 1.29 is 9.15 Å². The van der Waals surface area contributed by atoms with Crippen molar-refractivity contribution in [1.82, 2.24) is 5.32 Å². The van der Waals surface area contributed by atoms with E-state index in [9.17, 15) is 0 Å². The Morgan fingerprint density at radius 2 is 2.16 bits per heavy atom. The summed E-state index contributed by atoms with van der Waals surface area (Å²) in [6, 6.07) is 4.76. The second-order valence-corrected chi connectivity index (χ2v) is 6.78. The van der Waals surface area contributed by atoms with Crippen molar-refractivity contribution in [2.45, 2.75) is 38.8 Å². The number of thioether (sulfide) groups is 1. The lowest BCUT2D eigenvalue weighted by atomic mass is 10.1. The van der Waals surface area contributed by atoms with Gasteiger partial charge in [0.05, 0.1) is 18.9 Å². The molecule has 0 amide bonds. The van der Waals surface area contributed by atoms with Crippen LogP contribution in [0, 0.1) is 5.92 Å². The van der Waals surface area contributed by atoms with E-state index in [1.165, 1.54) is 24.3 Å². The van der Waals surface area contributed by atoms with Crippen molar-refractivity contribution in [2.24, 2.45) is 5.92 Å². The molecule has 2 heterocycles. The van der Waals surface area contributed by atoms with Crippen molar-refractivity contribution >= 4 is 11.8 Å². The molecule has 1 fully saturated rings. The molecule has 1 unspecified atom stereocenters. The highest BCUT2D eigenvalue weighted by atomic mass is 32.2. The van der Waals surface area contributed by atoms with Crippen LogP contribution in [-0.2, 0) is 4.74 Å². The highest BCUT2D eigenvalue weighted by Gasteiger charge is 2.21. The van der Waals surface area contributed by atoms with Crippen molar-refractivity contribution in [3.63, 3.8) is 0 Å². The van der Waals surface area contributed by atoms with Crippen LogP contribution >= 0.6 is 11.8 Å². The van der Waals surface area contributed by atoms with E-state index in [-0.39, 0.29) is 6.04 Å². The van der Waals surface area contributed by atoms with E-state index in [1.54, 1.807) is 6.26 Å². The average Bonchev–Trinajstić information content (AvgIpc) is 2.92. The smallest absolute Gasteiger partial charge is 0.123 e. The summed E-state index contributed by atoms with van der Waals surface area (Å²) in [5, 5.41) is 3.70. The largest absolute Gasteiger partial charge is 0.468 e. The topological polar surface area (TPSA) is 34.4 Å². The first-order chi connectivity index (χ1) is 9.25. The fraction of sp³-hybridized carbons (Fsp3) is 0.733. The monoisotopic (exact) mass is 283 g/mol. The van der Waals surface area contributed by atoms with Crippen LogP contribution in [0.25, 0.3) is 0 Å². The molecule has 1 aromatic heterocycles. The number of hydrogen-bond acceptors (Lipinski definition) is 4. The minimum Gasteiger partial charge on any atom is -0.468 e. The quantitative estimate of drug-likeness (QED) is 0.831. The van der Waals surface area contributed by atoms with E-state index in [0.29, 0.717) is 18.6 Å². The number of rotatable bonds is 7. The van der Waals surface area contributed by atoms with Gasteiger partial charge >= 0.3 is 0 Å². The van der Waals surface area contributed by atoms with Crippen molar-refractivity contribution in [3.05, 3.63) is 24.2 Å². The predicted molar refractivity (Wildman–Crippen MR) is 80.6 cm³/mol. The molecule has 1 aliphatic heterocycles. The fourth-order valence-corrected chi connectivity index (χ4v) is 3.38. The number of hydrogen-bond donors (Lipinski definition) is 1. The van der Waals surface area contributed by atoms with Crippen LogP contribution in [0.1, 0.15) is 38.5 Å². The Morgan fingerprint density at radius 3 is 2.79 bits per heavy atom. The molecule has 1 aliphatic rings. The van der Waals surface area contributed by atoms with Gasteiger partial charge in [-0.15, -0.1) is 0 Å². The van der Waals surface area contributed by atoms with Crippen LogP contribution in [0.15, 0.2) is 22.8 Å². The number of nitrogens with one attached hydrogen (secondary N) is 1. The standard InChI is InChI=1S/C15H25NO2S/c1-12(2)10-17-11-14(15-4-3-7-18-15)16-13-5-8-19-9-6-13/h3-4,7,12-14,16H,5-6,8-11H2,1-2H3. The molecule has 3 nitrogen and oxygen atoms in total. The molecule has 1 atom stereocenters. The van der Waals surface area contributed by atoms with Crippen LogP contribution < -0.4 is 5.32 Å². The molecule has 0 radical (unpaired) electrons. The van der Waals surface area contributed by atoms with Gasteiger partial charge in [0.1, 0.15) is 5.76 Å². The summed E-state index contributed by atoms with van der Waals surface area (Å²) in [4.78, 5) is 0. The molecule has 2 rings (SSSR count). The van der Waals surface area contributed by atoms with Crippen molar-refractivity contribution in [1.29, 1.82) is 0 Å². The van der Waals surface area contributed by atoms with Crippen LogP contribution in [0.2, 0.25) is 0 Å². The molecule has 0 spiro atoms. The Bertz CT molecular complexity index is 334. The summed E-state index contributed by atoms with van der Waals surface area (Å²) < 4.78 is 11.3. The Hall–Kier alpha value is -0.450. The Morgan fingerprint density at radius 1 is 1.37 bits per heavy atom. The van der Waals surface area contributed by atoms with Crippen LogP contribution in [0.5, 0.6) is 0 Å². The zero-order valence-corrected chi connectivity index (χ0v) is 12.7. The van der Waals surface area contributed by atoms with Gasteiger partial charge in [0.15, 0.2) is 0 Å². The van der Waals surface area contributed by atoms with Crippen LogP contribution in [0.4, 0.5) is 0 Å². The van der Waals surface area contributed by atoms with E-state index < -0.39 is 0 Å². The first-order valence-electron chi connectivity index (χ1n) is 7.20. The van der Waals surface area contributed by atoms with E-state index in [4.69, 9.17) is 9.15 Å². The molecule has 0 bridgehead atoms. The zero-order chi connectivity index (χ0) is 13.5. The maximum atomic E-state index is 5.79. The third-order valence-corrected chi connectivity index (χ3v) is 4.33. The van der Waals surface area contributed by atoms with Gasteiger partial charge in [-0.05, 0) is 42.4 Å². The molecule has 0 saturated carbocycles. The lowest BCUT2D eigenvalue weighted by molar-refractivity contribution is 0.0810. The van der Waals surface area contributed by atoms with Crippen molar-refractivity contribution in [2.75, 3.05) is 24.7 Å². The van der Waals surface area contributed by atoms with Gasteiger partial charge in [-0.3, -0.25) is 0 Å². The molecule has 19 heavy (non-hydrogen) atoms. The van der Waals surface area contributed by atoms with E-state index in [2.05, 4.69) is 30.9 Å². The minimum atomic E-state index is 0.182. The highest BCUT2D eigenvalue weighted by molar-refractivity contribution is 7.99. The lowest BCUT2D eigenvalue weighted by Gasteiger charge is -2.27. The maximum Gasteiger partial charge on any atom is 0.123 e. The average molecular weight is 283 g/mol. The summed E-state index contributed by atoms with van der Waals surface area (Å²) in [5.74, 6) is 4.08. The van der Waals surface area contributed by atoms with Gasteiger partial charge in [0.2, 0.25) is 0 Å². The Labute approximate surface area is 120 Å². The molecule has 0 aromatic carbocycles. The van der Waals surface area contributed by atoms with Crippen molar-refractivity contribution in [3.8, 4) is 0 Å². The molecule has 0 aliphatic carbocycles. The SMILES string of the molecule is CC(C)COCC(NC1CCSCC1)c1ccco1. The first kappa shape index (κ1) is 14.9. The summed E-state index contributed by atoms with van der Waals surface area (Å²) in [6.07, 6.45) is 4.22. The summed E-state index contributed by atoms with van der Waals surface area (Å²) in [6.45, 7) is 5.84. The third kappa shape index (κ3) is 5.21. The van der Waals surface area contributed by atoms with Gasteiger partial charge < -0.3 is 14.5 Å². The normalized spacial score (nSPS) is 18.9. The zero-order valence-electron chi connectivity index (χ0n) is 11.9. The minimum absolute atomic E-state index is 0.182. The second-order valence-electron chi connectivity index (χ2n) is 5.55. The Kier molecular flexibility index (Phi) is 6.28. The van der Waals surface area contributed by atoms with Gasteiger partial charge in [0.25, 0.3) is 0 Å². The summed E-state index contributed by atoms with van der Waals surface area (Å²) >= 11 is 2.05. The number of furan rings is 1. The molecule has 1 aromatic rings. The van der Waals surface area contributed by atoms with E-state index in [0.717, 1.165) is 12.4 Å². The first-order valence-corrected chi connectivity index (χ1v) is 8.36. The third-order valence-electron chi connectivity index (χ3n) is 3.28. The lowest BCUT2D eigenvalue weighted by Crippen LogP contribution is -2.37. The molecule has 1 saturated heterocycles. The molecule has 1 N–H and O–H groups in total.